The van der Waals surface area contributed by atoms with Gasteiger partial charge in [-0.3, -0.25) is 4.79 Å². The van der Waals surface area contributed by atoms with E-state index < -0.39 is 17.7 Å². The molecule has 1 fully saturated rings. The molecule has 1 unspecified atom stereocenters. The van der Waals surface area contributed by atoms with Crippen LogP contribution >= 0.6 is 0 Å². The van der Waals surface area contributed by atoms with Crippen molar-refractivity contribution in [3.8, 4) is 0 Å². The maximum Gasteiger partial charge on any atom is 0.350 e. The van der Waals surface area contributed by atoms with Crippen LogP contribution in [-0.4, -0.2) is 24.2 Å². The van der Waals surface area contributed by atoms with E-state index in [1.807, 2.05) is 0 Å². The van der Waals surface area contributed by atoms with Gasteiger partial charge in [0.1, 0.15) is 0 Å². The Hall–Kier alpha value is -0.970. The van der Waals surface area contributed by atoms with Crippen LogP contribution in [-0.2, 0) is 14.3 Å². The lowest BCUT2D eigenvalue weighted by atomic mass is 10.2. The molecule has 1 aliphatic carbocycles. The topological polar surface area (TPSA) is 69.4 Å². The van der Waals surface area contributed by atoms with Crippen molar-refractivity contribution in [2.24, 2.45) is 5.73 Å². The molecule has 2 N–H and O–H groups in total. The Bertz CT molecular complexity index is 190. The van der Waals surface area contributed by atoms with E-state index in [0.717, 1.165) is 0 Å². The predicted molar refractivity (Wildman–Crippen MR) is 33.2 cm³/mol. The fourth-order valence-corrected chi connectivity index (χ4v) is 0.740. The lowest BCUT2D eigenvalue weighted by Gasteiger charge is -2.10. The standard InChI is InChI=1S/C6H8FNO3/c7-4(5(10)11-3-9)6(8)1-2-6/h3-4H,1-2,8H2. The molecule has 0 aromatic rings. The summed E-state index contributed by atoms with van der Waals surface area (Å²) in [6.45, 7) is -0.0966. The van der Waals surface area contributed by atoms with Crippen molar-refractivity contribution in [2.75, 3.05) is 0 Å². The van der Waals surface area contributed by atoms with Crippen LogP contribution in [0.3, 0.4) is 0 Å². The zero-order valence-electron chi connectivity index (χ0n) is 5.75. The molecule has 0 aliphatic heterocycles. The number of esters is 1. The first-order valence-corrected chi connectivity index (χ1v) is 3.17. The molecule has 1 rings (SSSR count). The average Bonchev–Trinajstić information content (AvgIpc) is 2.68. The number of hydrogen-bond donors (Lipinski definition) is 1. The van der Waals surface area contributed by atoms with Crippen molar-refractivity contribution in [3.63, 3.8) is 0 Å². The number of carbonyl (C=O) groups is 2. The summed E-state index contributed by atoms with van der Waals surface area (Å²) in [5.41, 5.74) is 4.26. The van der Waals surface area contributed by atoms with Crippen LogP contribution in [0.15, 0.2) is 0 Å². The van der Waals surface area contributed by atoms with Crippen molar-refractivity contribution >= 4 is 12.4 Å². The highest BCUT2D eigenvalue weighted by molar-refractivity contribution is 5.82. The third kappa shape index (κ3) is 1.54. The number of ether oxygens (including phenoxy) is 1. The van der Waals surface area contributed by atoms with E-state index in [1.54, 1.807) is 0 Å². The summed E-state index contributed by atoms with van der Waals surface area (Å²) in [4.78, 5) is 20.1. The Kier molecular flexibility index (Phi) is 1.90. The summed E-state index contributed by atoms with van der Waals surface area (Å²) < 4.78 is 16.6. The molecular formula is C6H8FNO3. The molecule has 0 heterocycles. The first kappa shape index (κ1) is 8.13. The first-order chi connectivity index (χ1) is 5.10. The van der Waals surface area contributed by atoms with E-state index in [0.29, 0.717) is 12.8 Å². The van der Waals surface area contributed by atoms with Gasteiger partial charge in [-0.05, 0) is 12.8 Å². The highest BCUT2D eigenvalue weighted by atomic mass is 19.1. The van der Waals surface area contributed by atoms with Crippen LogP contribution < -0.4 is 5.73 Å². The Morgan fingerprint density at radius 2 is 2.27 bits per heavy atom. The number of carbonyl (C=O) groups excluding carboxylic acids is 2. The SMILES string of the molecule is NC1(C(F)C(=O)OC=O)CC1. The molecule has 11 heavy (non-hydrogen) atoms. The second kappa shape index (κ2) is 2.58. The maximum absolute atomic E-state index is 12.8. The van der Waals surface area contributed by atoms with Crippen LogP contribution in [0.2, 0.25) is 0 Å². The Balaban J connectivity index is 2.46. The second-order valence-electron chi connectivity index (χ2n) is 2.63. The molecule has 0 amide bonds. The lowest BCUT2D eigenvalue weighted by Crippen LogP contribution is -2.40. The summed E-state index contributed by atoms with van der Waals surface area (Å²) in [5, 5.41) is 0. The van der Waals surface area contributed by atoms with Gasteiger partial charge in [-0.25, -0.2) is 9.18 Å². The highest BCUT2D eigenvalue weighted by Gasteiger charge is 2.51. The molecule has 0 spiro atoms. The lowest BCUT2D eigenvalue weighted by molar-refractivity contribution is -0.156. The van der Waals surface area contributed by atoms with Gasteiger partial charge < -0.3 is 10.5 Å². The normalized spacial score (nSPS) is 22.0. The third-order valence-electron chi connectivity index (χ3n) is 1.70. The van der Waals surface area contributed by atoms with Crippen molar-refractivity contribution in [1.29, 1.82) is 0 Å². The van der Waals surface area contributed by atoms with Crippen molar-refractivity contribution in [2.45, 2.75) is 24.6 Å². The van der Waals surface area contributed by atoms with Crippen molar-refractivity contribution in [1.82, 2.24) is 0 Å². The van der Waals surface area contributed by atoms with Crippen LogP contribution in [0.5, 0.6) is 0 Å². The number of rotatable bonds is 3. The summed E-state index contributed by atoms with van der Waals surface area (Å²) in [7, 11) is 0. The van der Waals surface area contributed by atoms with Crippen molar-refractivity contribution < 1.29 is 18.7 Å². The molecular weight excluding hydrogens is 153 g/mol. The third-order valence-corrected chi connectivity index (χ3v) is 1.70. The smallest absolute Gasteiger partial charge is 0.350 e. The van der Waals surface area contributed by atoms with Gasteiger partial charge in [0.05, 0.1) is 5.54 Å². The highest BCUT2D eigenvalue weighted by Crippen LogP contribution is 2.37. The first-order valence-electron chi connectivity index (χ1n) is 3.17. The summed E-state index contributed by atoms with van der Waals surface area (Å²) in [6, 6.07) is 0. The van der Waals surface area contributed by atoms with E-state index in [1.165, 1.54) is 0 Å². The molecule has 1 saturated carbocycles. The minimum atomic E-state index is -1.87. The summed E-state index contributed by atoms with van der Waals surface area (Å²) in [6.07, 6.45) is -0.947. The van der Waals surface area contributed by atoms with Gasteiger partial charge in [0, 0.05) is 0 Å². The molecule has 4 nitrogen and oxygen atoms in total. The van der Waals surface area contributed by atoms with Gasteiger partial charge in [-0.15, -0.1) is 0 Å². The van der Waals surface area contributed by atoms with E-state index >= 15 is 0 Å². The minimum absolute atomic E-state index is 0.0966. The van der Waals surface area contributed by atoms with Crippen LogP contribution in [0.4, 0.5) is 4.39 Å². The minimum Gasteiger partial charge on any atom is -0.393 e. The van der Waals surface area contributed by atoms with Gasteiger partial charge >= 0.3 is 12.4 Å². The summed E-state index contributed by atoms with van der Waals surface area (Å²) in [5.74, 6) is -1.19. The molecule has 1 atom stereocenters. The maximum atomic E-state index is 12.8. The number of halogens is 1. The van der Waals surface area contributed by atoms with Gasteiger partial charge in [0.15, 0.2) is 0 Å². The van der Waals surface area contributed by atoms with E-state index in [9.17, 15) is 14.0 Å². The Morgan fingerprint density at radius 3 is 2.64 bits per heavy atom. The van der Waals surface area contributed by atoms with E-state index in [-0.39, 0.29) is 6.47 Å². The fraction of sp³-hybridized carbons (Fsp3) is 0.667. The molecule has 0 saturated heterocycles. The zero-order chi connectivity index (χ0) is 8.48. The second-order valence-corrected chi connectivity index (χ2v) is 2.63. The molecule has 0 aromatic carbocycles. The molecule has 0 bridgehead atoms. The van der Waals surface area contributed by atoms with Crippen molar-refractivity contribution in [3.05, 3.63) is 0 Å². The molecule has 1 aliphatic rings. The monoisotopic (exact) mass is 161 g/mol. The van der Waals surface area contributed by atoms with E-state index in [2.05, 4.69) is 4.74 Å². The van der Waals surface area contributed by atoms with Gasteiger partial charge in [0.25, 0.3) is 0 Å². The number of hydrogen-bond acceptors (Lipinski definition) is 4. The Labute approximate surface area is 62.5 Å². The molecule has 0 radical (unpaired) electrons. The van der Waals surface area contributed by atoms with Crippen LogP contribution in [0.25, 0.3) is 0 Å². The summed E-state index contributed by atoms with van der Waals surface area (Å²) >= 11 is 0. The van der Waals surface area contributed by atoms with Gasteiger partial charge in [-0.1, -0.05) is 0 Å². The quantitative estimate of drug-likeness (QED) is 0.344. The van der Waals surface area contributed by atoms with Gasteiger partial charge in [0.2, 0.25) is 6.17 Å². The van der Waals surface area contributed by atoms with E-state index in [4.69, 9.17) is 5.73 Å². The van der Waals surface area contributed by atoms with Crippen LogP contribution in [0.1, 0.15) is 12.8 Å². The molecule has 0 aromatic heterocycles. The number of nitrogens with two attached hydrogens (primary N) is 1. The van der Waals surface area contributed by atoms with Crippen LogP contribution in [0, 0.1) is 0 Å². The molecule has 5 heteroatoms. The Morgan fingerprint density at radius 1 is 1.73 bits per heavy atom. The zero-order valence-corrected chi connectivity index (χ0v) is 5.75. The van der Waals surface area contributed by atoms with Gasteiger partial charge in [-0.2, -0.15) is 0 Å². The predicted octanol–water partition coefficient (Wildman–Crippen LogP) is -0.485. The molecule has 62 valence electrons. The average molecular weight is 161 g/mol. The fourth-order valence-electron chi connectivity index (χ4n) is 0.740. The number of alkyl halides is 1. The largest absolute Gasteiger partial charge is 0.393 e.